The fourth-order valence-corrected chi connectivity index (χ4v) is 3.09. The van der Waals surface area contributed by atoms with Gasteiger partial charge in [0.25, 0.3) is 11.6 Å². The molecule has 0 atom stereocenters. The third kappa shape index (κ3) is 4.69. The highest BCUT2D eigenvalue weighted by Crippen LogP contribution is 2.27. The van der Waals surface area contributed by atoms with Gasteiger partial charge in [-0.05, 0) is 31.2 Å². The van der Waals surface area contributed by atoms with Crippen molar-refractivity contribution in [2.45, 2.75) is 6.92 Å². The number of nitro groups is 1. The first-order valence-corrected chi connectivity index (χ1v) is 9.20. The summed E-state index contributed by atoms with van der Waals surface area (Å²) in [7, 11) is 0. The monoisotopic (exact) mass is 399 g/mol. The van der Waals surface area contributed by atoms with Crippen LogP contribution in [0.2, 0.25) is 0 Å². The van der Waals surface area contributed by atoms with Crippen LogP contribution in [0.5, 0.6) is 0 Å². The van der Waals surface area contributed by atoms with Crippen LogP contribution in [0.4, 0.5) is 17.1 Å². The lowest BCUT2D eigenvalue weighted by atomic mass is 10.1. The maximum absolute atomic E-state index is 12.6. The van der Waals surface area contributed by atoms with Crippen LogP contribution < -0.4 is 10.2 Å². The van der Waals surface area contributed by atoms with E-state index in [4.69, 9.17) is 9.47 Å². The lowest BCUT2D eigenvalue weighted by molar-refractivity contribution is -0.385. The van der Waals surface area contributed by atoms with E-state index in [1.807, 2.05) is 4.90 Å². The Morgan fingerprint density at radius 2 is 1.90 bits per heavy atom. The summed E-state index contributed by atoms with van der Waals surface area (Å²) in [6.45, 7) is 4.31. The Labute approximate surface area is 167 Å². The molecule has 1 amide bonds. The van der Waals surface area contributed by atoms with E-state index in [-0.39, 0.29) is 17.9 Å². The second-order valence-electron chi connectivity index (χ2n) is 6.28. The first kappa shape index (κ1) is 20.3. The van der Waals surface area contributed by atoms with Crippen LogP contribution in [0.1, 0.15) is 27.6 Å². The molecule has 29 heavy (non-hydrogen) atoms. The van der Waals surface area contributed by atoms with Gasteiger partial charge in [0.05, 0.1) is 36.0 Å². The van der Waals surface area contributed by atoms with Crippen molar-refractivity contribution in [3.8, 4) is 0 Å². The summed E-state index contributed by atoms with van der Waals surface area (Å²) in [5.74, 6) is -1.14. The van der Waals surface area contributed by atoms with Gasteiger partial charge in [-0.3, -0.25) is 14.9 Å². The van der Waals surface area contributed by atoms with Gasteiger partial charge in [-0.25, -0.2) is 4.79 Å². The zero-order valence-corrected chi connectivity index (χ0v) is 15.9. The van der Waals surface area contributed by atoms with E-state index in [0.717, 1.165) is 0 Å². The second kappa shape index (κ2) is 9.16. The van der Waals surface area contributed by atoms with Crippen LogP contribution in [-0.4, -0.2) is 49.7 Å². The van der Waals surface area contributed by atoms with Crippen molar-refractivity contribution in [2.75, 3.05) is 43.1 Å². The fraction of sp³-hybridized carbons (Fsp3) is 0.300. The van der Waals surface area contributed by atoms with E-state index >= 15 is 0 Å². The molecule has 1 N–H and O–H groups in total. The average molecular weight is 399 g/mol. The standard InChI is InChI=1S/C20H21N3O6/c1-2-29-20(25)16-13-14(7-8-17(16)22-9-11-28-12-10-22)21-19(24)15-5-3-4-6-18(15)23(26)27/h3-8,13H,2,9-12H2,1H3,(H,21,24). The van der Waals surface area contributed by atoms with Crippen molar-refractivity contribution < 1.29 is 24.0 Å². The molecular weight excluding hydrogens is 378 g/mol. The van der Waals surface area contributed by atoms with Crippen molar-refractivity contribution in [1.82, 2.24) is 0 Å². The van der Waals surface area contributed by atoms with Crippen molar-refractivity contribution >= 4 is 28.9 Å². The van der Waals surface area contributed by atoms with E-state index < -0.39 is 16.8 Å². The number of nitrogens with one attached hydrogen (secondary N) is 1. The Balaban J connectivity index is 1.90. The number of amides is 1. The topological polar surface area (TPSA) is 111 Å². The van der Waals surface area contributed by atoms with E-state index in [2.05, 4.69) is 5.32 Å². The minimum absolute atomic E-state index is 0.0626. The number of benzene rings is 2. The predicted octanol–water partition coefficient (Wildman–Crippen LogP) is 2.86. The number of hydrogen-bond donors (Lipinski definition) is 1. The van der Waals surface area contributed by atoms with Crippen molar-refractivity contribution in [3.05, 3.63) is 63.7 Å². The molecule has 1 fully saturated rings. The van der Waals surface area contributed by atoms with Crippen LogP contribution in [0.3, 0.4) is 0 Å². The summed E-state index contributed by atoms with van der Waals surface area (Å²) >= 11 is 0. The normalized spacial score (nSPS) is 13.6. The summed E-state index contributed by atoms with van der Waals surface area (Å²) < 4.78 is 10.5. The van der Waals surface area contributed by atoms with Crippen molar-refractivity contribution in [2.24, 2.45) is 0 Å². The van der Waals surface area contributed by atoms with Gasteiger partial charge in [0, 0.05) is 24.8 Å². The zero-order chi connectivity index (χ0) is 20.8. The van der Waals surface area contributed by atoms with Gasteiger partial charge in [0.1, 0.15) is 5.56 Å². The van der Waals surface area contributed by atoms with Gasteiger partial charge < -0.3 is 19.7 Å². The van der Waals surface area contributed by atoms with E-state index in [0.29, 0.717) is 43.2 Å². The average Bonchev–Trinajstić information content (AvgIpc) is 2.74. The predicted molar refractivity (Wildman–Crippen MR) is 106 cm³/mol. The highest BCUT2D eigenvalue weighted by atomic mass is 16.6. The Hall–Kier alpha value is -3.46. The molecular formula is C20H21N3O6. The minimum atomic E-state index is -0.633. The molecule has 2 aromatic carbocycles. The Kier molecular flexibility index (Phi) is 6.40. The molecule has 0 aliphatic carbocycles. The number of nitro benzene ring substituents is 1. The first-order chi connectivity index (χ1) is 14.0. The maximum Gasteiger partial charge on any atom is 0.340 e. The molecule has 152 valence electrons. The first-order valence-electron chi connectivity index (χ1n) is 9.20. The van der Waals surface area contributed by atoms with Gasteiger partial charge in [-0.15, -0.1) is 0 Å². The number of hydrogen-bond acceptors (Lipinski definition) is 7. The SMILES string of the molecule is CCOC(=O)c1cc(NC(=O)c2ccccc2[N+](=O)[O-])ccc1N1CCOCC1. The molecule has 0 spiro atoms. The number of para-hydroxylation sites is 1. The lowest BCUT2D eigenvalue weighted by Crippen LogP contribution is -2.37. The smallest absolute Gasteiger partial charge is 0.340 e. The number of morpholine rings is 1. The third-order valence-electron chi connectivity index (χ3n) is 4.45. The van der Waals surface area contributed by atoms with Crippen LogP contribution in [-0.2, 0) is 9.47 Å². The number of rotatable bonds is 6. The van der Waals surface area contributed by atoms with Crippen LogP contribution in [0.15, 0.2) is 42.5 Å². The van der Waals surface area contributed by atoms with E-state index in [1.54, 1.807) is 25.1 Å². The molecule has 1 heterocycles. The molecule has 1 aliphatic heterocycles. The third-order valence-corrected chi connectivity index (χ3v) is 4.45. The van der Waals surface area contributed by atoms with Crippen molar-refractivity contribution in [1.29, 1.82) is 0 Å². The number of esters is 1. The molecule has 2 aromatic rings. The molecule has 9 heteroatoms. The number of carbonyl (C=O) groups is 2. The van der Waals surface area contributed by atoms with Gasteiger partial charge in [0.15, 0.2) is 0 Å². The number of ether oxygens (including phenoxy) is 2. The molecule has 1 saturated heterocycles. The minimum Gasteiger partial charge on any atom is -0.462 e. The van der Waals surface area contributed by atoms with E-state index in [1.165, 1.54) is 24.3 Å². The molecule has 0 unspecified atom stereocenters. The summed E-state index contributed by atoms with van der Waals surface area (Å²) in [5.41, 5.74) is 0.991. The molecule has 0 saturated carbocycles. The van der Waals surface area contributed by atoms with Gasteiger partial charge in [-0.2, -0.15) is 0 Å². The maximum atomic E-state index is 12.6. The summed E-state index contributed by atoms with van der Waals surface area (Å²) in [5, 5.41) is 13.8. The van der Waals surface area contributed by atoms with Gasteiger partial charge in [0.2, 0.25) is 0 Å². The second-order valence-corrected chi connectivity index (χ2v) is 6.28. The summed E-state index contributed by atoms with van der Waals surface area (Å²) in [6.07, 6.45) is 0. The number of carbonyl (C=O) groups excluding carboxylic acids is 2. The van der Waals surface area contributed by atoms with Gasteiger partial charge in [-0.1, -0.05) is 12.1 Å². The van der Waals surface area contributed by atoms with Crippen LogP contribution in [0, 0.1) is 10.1 Å². The van der Waals surface area contributed by atoms with Crippen molar-refractivity contribution in [3.63, 3.8) is 0 Å². The Morgan fingerprint density at radius 1 is 1.17 bits per heavy atom. The Bertz CT molecular complexity index is 924. The molecule has 0 aromatic heterocycles. The zero-order valence-electron chi connectivity index (χ0n) is 15.9. The summed E-state index contributed by atoms with van der Waals surface area (Å²) in [6, 6.07) is 10.6. The summed E-state index contributed by atoms with van der Waals surface area (Å²) in [4.78, 5) is 37.6. The molecule has 9 nitrogen and oxygen atoms in total. The quantitative estimate of drug-likeness (QED) is 0.452. The van der Waals surface area contributed by atoms with E-state index in [9.17, 15) is 19.7 Å². The Morgan fingerprint density at radius 3 is 2.59 bits per heavy atom. The van der Waals surface area contributed by atoms with Crippen LogP contribution >= 0.6 is 0 Å². The largest absolute Gasteiger partial charge is 0.462 e. The lowest BCUT2D eigenvalue weighted by Gasteiger charge is -2.30. The number of nitrogens with zero attached hydrogens (tertiary/aromatic N) is 2. The highest BCUT2D eigenvalue weighted by molar-refractivity contribution is 6.08. The molecule has 3 rings (SSSR count). The molecule has 1 aliphatic rings. The molecule has 0 radical (unpaired) electrons. The highest BCUT2D eigenvalue weighted by Gasteiger charge is 2.22. The van der Waals surface area contributed by atoms with Gasteiger partial charge >= 0.3 is 5.97 Å². The number of anilines is 2. The molecule has 0 bridgehead atoms. The van der Waals surface area contributed by atoms with Crippen LogP contribution in [0.25, 0.3) is 0 Å². The fourth-order valence-electron chi connectivity index (χ4n) is 3.09.